The normalized spacial score (nSPS) is 20.5. The quantitative estimate of drug-likeness (QED) is 0.0341. The summed E-state index contributed by atoms with van der Waals surface area (Å²) in [5.41, 5.74) is 0. The zero-order valence-electron chi connectivity index (χ0n) is 34.8. The number of rotatable bonds is 36. The van der Waals surface area contributed by atoms with E-state index in [1.807, 2.05) is 0 Å². The van der Waals surface area contributed by atoms with E-state index in [9.17, 15) is 37.9 Å². The molecule has 12 nitrogen and oxygen atoms in total. The molecule has 14 heteroatoms. The molecule has 0 radical (unpaired) electrons. The van der Waals surface area contributed by atoms with Crippen LogP contribution in [0.15, 0.2) is 0 Å². The van der Waals surface area contributed by atoms with E-state index in [1.54, 1.807) is 0 Å². The molecule has 320 valence electrons. The molecule has 0 spiro atoms. The molecule has 0 bridgehead atoms. The van der Waals surface area contributed by atoms with E-state index < -0.39 is 71.2 Å². The summed E-state index contributed by atoms with van der Waals surface area (Å²) < 4.78 is 55.7. The van der Waals surface area contributed by atoms with Crippen molar-refractivity contribution in [2.75, 3.05) is 19.0 Å². The Balaban J connectivity index is 0.0000292. The SMILES string of the molecule is CCCCCCCCCCCCCCCC(=O)OCC(COC1OC(CS(=O)(=O)[O-])C(O)C(O)C1O)OC(=O)CCCCCCCCCCCCCCC.[Na+]. The van der Waals surface area contributed by atoms with E-state index in [2.05, 4.69) is 13.8 Å². The van der Waals surface area contributed by atoms with Crippen molar-refractivity contribution in [3.05, 3.63) is 0 Å². The van der Waals surface area contributed by atoms with Crippen LogP contribution in [0.3, 0.4) is 0 Å². The summed E-state index contributed by atoms with van der Waals surface area (Å²) in [6.45, 7) is 3.73. The zero-order valence-corrected chi connectivity index (χ0v) is 37.6. The van der Waals surface area contributed by atoms with Gasteiger partial charge in [0.05, 0.1) is 22.5 Å². The third-order valence-corrected chi connectivity index (χ3v) is 10.9. The smallest absolute Gasteiger partial charge is 0.748 e. The number of carbonyl (C=O) groups is 2. The molecule has 55 heavy (non-hydrogen) atoms. The molecular formula is C41H77NaO12S. The Morgan fingerprint density at radius 1 is 0.582 bits per heavy atom. The first-order valence-electron chi connectivity index (χ1n) is 21.6. The maximum Gasteiger partial charge on any atom is 1.00 e. The first-order chi connectivity index (χ1) is 26.0. The number of esters is 2. The van der Waals surface area contributed by atoms with Crippen molar-refractivity contribution in [2.24, 2.45) is 0 Å². The van der Waals surface area contributed by atoms with Gasteiger partial charge in [0.25, 0.3) is 0 Å². The molecule has 0 aromatic carbocycles. The van der Waals surface area contributed by atoms with Crippen LogP contribution in [0.4, 0.5) is 0 Å². The fourth-order valence-electron chi connectivity index (χ4n) is 6.79. The van der Waals surface area contributed by atoms with E-state index in [-0.39, 0.29) is 49.0 Å². The molecule has 6 atom stereocenters. The van der Waals surface area contributed by atoms with Crippen LogP contribution in [0.1, 0.15) is 194 Å². The fourth-order valence-corrected chi connectivity index (χ4v) is 7.47. The van der Waals surface area contributed by atoms with E-state index in [0.717, 1.165) is 38.5 Å². The summed E-state index contributed by atoms with van der Waals surface area (Å²) in [4.78, 5) is 25.3. The van der Waals surface area contributed by atoms with Gasteiger partial charge in [-0.15, -0.1) is 0 Å². The van der Waals surface area contributed by atoms with Gasteiger partial charge in [0.2, 0.25) is 0 Å². The van der Waals surface area contributed by atoms with Gasteiger partial charge in [0.1, 0.15) is 31.0 Å². The minimum absolute atomic E-state index is 0. The Morgan fingerprint density at radius 2 is 0.964 bits per heavy atom. The van der Waals surface area contributed by atoms with Crippen LogP contribution in [-0.2, 0) is 38.7 Å². The fraction of sp³-hybridized carbons (Fsp3) is 0.951. The van der Waals surface area contributed by atoms with Gasteiger partial charge in [0, 0.05) is 12.8 Å². The first kappa shape index (κ1) is 54.6. The zero-order chi connectivity index (χ0) is 39.9. The van der Waals surface area contributed by atoms with Crippen molar-refractivity contribution >= 4 is 22.1 Å². The molecular weight excluding hydrogens is 739 g/mol. The maximum atomic E-state index is 12.8. The molecule has 1 aliphatic rings. The van der Waals surface area contributed by atoms with Gasteiger partial charge in [-0.1, -0.05) is 168 Å². The van der Waals surface area contributed by atoms with Gasteiger partial charge < -0.3 is 38.8 Å². The summed E-state index contributed by atoms with van der Waals surface area (Å²) in [6, 6.07) is 0. The summed E-state index contributed by atoms with van der Waals surface area (Å²) in [5, 5.41) is 30.7. The molecule has 0 saturated carbocycles. The molecule has 0 aromatic rings. The Bertz CT molecular complexity index is 1030. The maximum absolute atomic E-state index is 12.8. The van der Waals surface area contributed by atoms with E-state index in [1.165, 1.54) is 116 Å². The van der Waals surface area contributed by atoms with E-state index in [4.69, 9.17) is 18.9 Å². The minimum Gasteiger partial charge on any atom is -0.748 e. The summed E-state index contributed by atoms with van der Waals surface area (Å²) in [7, 11) is -4.84. The minimum atomic E-state index is -4.84. The third kappa shape index (κ3) is 30.4. The van der Waals surface area contributed by atoms with Crippen molar-refractivity contribution in [2.45, 2.75) is 230 Å². The molecule has 0 amide bonds. The molecule has 1 saturated heterocycles. The first-order valence-corrected chi connectivity index (χ1v) is 23.2. The van der Waals surface area contributed by atoms with Crippen LogP contribution in [0.5, 0.6) is 0 Å². The Morgan fingerprint density at radius 3 is 1.36 bits per heavy atom. The van der Waals surface area contributed by atoms with Gasteiger partial charge in [-0.25, -0.2) is 8.42 Å². The number of ether oxygens (including phenoxy) is 4. The topological polar surface area (TPSA) is 189 Å². The number of hydrogen-bond acceptors (Lipinski definition) is 12. The second-order valence-electron chi connectivity index (χ2n) is 15.4. The van der Waals surface area contributed by atoms with Crippen molar-refractivity contribution in [1.29, 1.82) is 0 Å². The molecule has 6 unspecified atom stereocenters. The Labute approximate surface area is 356 Å². The number of aliphatic hydroxyl groups excluding tert-OH is 3. The predicted molar refractivity (Wildman–Crippen MR) is 209 cm³/mol. The average molecular weight is 817 g/mol. The second kappa shape index (κ2) is 35.6. The number of unbranched alkanes of at least 4 members (excludes halogenated alkanes) is 24. The predicted octanol–water partition coefficient (Wildman–Crippen LogP) is 4.78. The second-order valence-corrected chi connectivity index (χ2v) is 16.8. The summed E-state index contributed by atoms with van der Waals surface area (Å²) >= 11 is 0. The van der Waals surface area contributed by atoms with Crippen LogP contribution in [0, 0.1) is 0 Å². The standard InChI is InChI=1S/C41H78O12S.Na/c1-3-5-7-9-11-13-15-17-19-21-23-25-27-29-36(42)50-31-34(32-51-41-40(46)39(45)38(44)35(53-41)33-54(47,48)49)52-37(43)30-28-26-24-22-20-18-16-14-12-10-8-6-4-2;/h34-35,38-41,44-46H,3-33H2,1-2H3,(H,47,48,49);/q;+1/p-1. The van der Waals surface area contributed by atoms with Gasteiger partial charge in [0.15, 0.2) is 12.4 Å². The molecule has 1 rings (SSSR count). The Kier molecular flexibility index (Phi) is 35.4. The molecule has 1 aliphatic heterocycles. The summed E-state index contributed by atoms with van der Waals surface area (Å²) in [5.74, 6) is -2.09. The number of aliphatic hydroxyl groups is 3. The molecule has 1 heterocycles. The largest absolute Gasteiger partial charge is 1.00 e. The Hall–Kier alpha value is -0.350. The van der Waals surface area contributed by atoms with Crippen molar-refractivity contribution in [3.63, 3.8) is 0 Å². The molecule has 0 aromatic heterocycles. The van der Waals surface area contributed by atoms with Crippen molar-refractivity contribution < 1.29 is 86.4 Å². The van der Waals surface area contributed by atoms with Gasteiger partial charge in [-0.05, 0) is 12.8 Å². The number of hydrogen-bond donors (Lipinski definition) is 3. The third-order valence-electron chi connectivity index (χ3n) is 10.2. The van der Waals surface area contributed by atoms with Gasteiger partial charge in [-0.3, -0.25) is 9.59 Å². The van der Waals surface area contributed by atoms with Crippen molar-refractivity contribution in [3.8, 4) is 0 Å². The number of carbonyl (C=O) groups excluding carboxylic acids is 2. The van der Waals surface area contributed by atoms with Crippen LogP contribution in [-0.4, -0.2) is 96.0 Å². The van der Waals surface area contributed by atoms with E-state index in [0.29, 0.717) is 12.8 Å². The monoisotopic (exact) mass is 817 g/mol. The van der Waals surface area contributed by atoms with Crippen LogP contribution < -0.4 is 29.6 Å². The molecule has 1 fully saturated rings. The van der Waals surface area contributed by atoms with Crippen LogP contribution in [0.2, 0.25) is 0 Å². The molecule has 0 aliphatic carbocycles. The van der Waals surface area contributed by atoms with Crippen LogP contribution in [0.25, 0.3) is 0 Å². The van der Waals surface area contributed by atoms with Gasteiger partial charge in [-0.2, -0.15) is 0 Å². The van der Waals surface area contributed by atoms with Crippen molar-refractivity contribution in [1.82, 2.24) is 0 Å². The average Bonchev–Trinajstić information content (AvgIpc) is 3.13. The van der Waals surface area contributed by atoms with Gasteiger partial charge >= 0.3 is 41.5 Å². The van der Waals surface area contributed by atoms with Crippen LogP contribution >= 0.6 is 0 Å². The molecule has 3 N–H and O–H groups in total. The van der Waals surface area contributed by atoms with E-state index >= 15 is 0 Å². The summed E-state index contributed by atoms with van der Waals surface area (Å²) in [6.07, 6.45) is 21.2.